The molecule has 0 saturated heterocycles. The van der Waals surface area contributed by atoms with Crippen molar-refractivity contribution in [3.05, 3.63) is 41.2 Å². The second-order valence-electron chi connectivity index (χ2n) is 2.50. The van der Waals surface area contributed by atoms with Crippen LogP contribution in [-0.2, 0) is 0 Å². The molecule has 0 atom stereocenters. The molecule has 0 heterocycles. The average molecular weight is 191 g/mol. The minimum Gasteiger partial charge on any atom is -0.478 e. The van der Waals surface area contributed by atoms with E-state index in [0.29, 0.717) is 5.56 Å². The van der Waals surface area contributed by atoms with Gasteiger partial charge in [0.2, 0.25) is 0 Å². The van der Waals surface area contributed by atoms with Crippen LogP contribution >= 0.6 is 0 Å². The van der Waals surface area contributed by atoms with Crippen LogP contribution in [-0.4, -0.2) is 11.1 Å². The van der Waals surface area contributed by atoms with E-state index in [4.69, 9.17) is 10.4 Å². The predicted octanol–water partition coefficient (Wildman–Crippen LogP) is 2.06. The highest BCUT2D eigenvalue weighted by molar-refractivity contribution is 5.92. The highest BCUT2D eigenvalue weighted by atomic mass is 19.1. The lowest BCUT2D eigenvalue weighted by atomic mass is 10.1. The largest absolute Gasteiger partial charge is 0.478 e. The maximum absolute atomic E-state index is 12.7. The van der Waals surface area contributed by atoms with Gasteiger partial charge < -0.3 is 5.11 Å². The Bertz CT molecular complexity index is 432. The van der Waals surface area contributed by atoms with Gasteiger partial charge in [0.05, 0.1) is 11.6 Å². The lowest BCUT2D eigenvalue weighted by molar-refractivity contribution is 0.0696. The van der Waals surface area contributed by atoms with E-state index >= 15 is 0 Å². The van der Waals surface area contributed by atoms with Gasteiger partial charge in [-0.15, -0.1) is 0 Å². The number of hydrogen-bond donors (Lipinski definition) is 1. The fourth-order valence-corrected chi connectivity index (χ4v) is 0.986. The molecule has 70 valence electrons. The highest BCUT2D eigenvalue weighted by Gasteiger charge is 2.08. The maximum Gasteiger partial charge on any atom is 0.336 e. The van der Waals surface area contributed by atoms with E-state index in [0.717, 1.165) is 18.2 Å². The molecule has 4 heteroatoms. The van der Waals surface area contributed by atoms with Gasteiger partial charge in [-0.25, -0.2) is 9.18 Å². The number of benzene rings is 1. The number of nitrogens with zero attached hydrogens (tertiary/aromatic N) is 1. The number of hydrogen-bond acceptors (Lipinski definition) is 2. The molecule has 1 aromatic carbocycles. The summed E-state index contributed by atoms with van der Waals surface area (Å²) >= 11 is 0. The number of rotatable bonds is 2. The van der Waals surface area contributed by atoms with Gasteiger partial charge in [0.25, 0.3) is 0 Å². The van der Waals surface area contributed by atoms with E-state index in [1.165, 1.54) is 12.1 Å². The third kappa shape index (κ3) is 2.17. The van der Waals surface area contributed by atoms with E-state index in [1.54, 1.807) is 6.07 Å². The van der Waals surface area contributed by atoms with E-state index in [9.17, 15) is 9.18 Å². The molecule has 0 saturated carbocycles. The Morgan fingerprint density at radius 3 is 2.86 bits per heavy atom. The molecular weight excluding hydrogens is 185 g/mol. The van der Waals surface area contributed by atoms with Crippen LogP contribution in [0.2, 0.25) is 0 Å². The second-order valence-corrected chi connectivity index (χ2v) is 2.50. The molecule has 0 bridgehead atoms. The Morgan fingerprint density at radius 1 is 1.57 bits per heavy atom. The molecule has 0 spiro atoms. The summed E-state index contributed by atoms with van der Waals surface area (Å²) in [4.78, 5) is 10.7. The first-order chi connectivity index (χ1) is 6.65. The number of carboxylic acid groups (broad SMARTS) is 1. The van der Waals surface area contributed by atoms with Crippen molar-refractivity contribution in [1.29, 1.82) is 5.26 Å². The van der Waals surface area contributed by atoms with Crippen LogP contribution in [0.5, 0.6) is 0 Å². The van der Waals surface area contributed by atoms with Crippen LogP contribution in [0.4, 0.5) is 4.39 Å². The van der Waals surface area contributed by atoms with Crippen LogP contribution in [0.1, 0.15) is 15.9 Å². The SMILES string of the molecule is N#C/C=C/c1ccc(F)cc1C(=O)O. The van der Waals surface area contributed by atoms with Gasteiger partial charge in [0, 0.05) is 6.08 Å². The number of carboxylic acids is 1. The van der Waals surface area contributed by atoms with Crippen LogP contribution < -0.4 is 0 Å². The fourth-order valence-electron chi connectivity index (χ4n) is 0.986. The van der Waals surface area contributed by atoms with Crippen LogP contribution in [0.3, 0.4) is 0 Å². The average Bonchev–Trinajstić information content (AvgIpc) is 2.15. The minimum absolute atomic E-state index is 0.156. The molecule has 0 aliphatic rings. The first kappa shape index (κ1) is 9.93. The molecule has 0 aliphatic heterocycles. The minimum atomic E-state index is -1.22. The summed E-state index contributed by atoms with van der Waals surface area (Å²) in [6.07, 6.45) is 2.46. The Labute approximate surface area is 79.7 Å². The van der Waals surface area contributed by atoms with E-state index in [-0.39, 0.29) is 5.56 Å². The normalized spacial score (nSPS) is 10.0. The molecule has 0 radical (unpaired) electrons. The van der Waals surface area contributed by atoms with E-state index in [2.05, 4.69) is 0 Å². The zero-order valence-corrected chi connectivity index (χ0v) is 7.07. The van der Waals surface area contributed by atoms with Crippen LogP contribution in [0.15, 0.2) is 24.3 Å². The molecule has 0 aliphatic carbocycles. The van der Waals surface area contributed by atoms with Crippen molar-refractivity contribution in [3.8, 4) is 6.07 Å². The fraction of sp³-hybridized carbons (Fsp3) is 0. The lowest BCUT2D eigenvalue weighted by Crippen LogP contribution is -2.00. The standard InChI is InChI=1S/C10H6FNO2/c11-8-4-3-7(2-1-5-12)9(6-8)10(13)14/h1-4,6H,(H,13,14)/b2-1+. The lowest BCUT2D eigenvalue weighted by Gasteiger charge is -1.99. The zero-order chi connectivity index (χ0) is 10.6. The van der Waals surface area contributed by atoms with Gasteiger partial charge in [0.15, 0.2) is 0 Å². The van der Waals surface area contributed by atoms with Crippen molar-refractivity contribution in [1.82, 2.24) is 0 Å². The van der Waals surface area contributed by atoms with Crippen molar-refractivity contribution in [2.45, 2.75) is 0 Å². The molecular formula is C10H6FNO2. The van der Waals surface area contributed by atoms with Gasteiger partial charge in [-0.2, -0.15) is 5.26 Å². The van der Waals surface area contributed by atoms with Crippen molar-refractivity contribution >= 4 is 12.0 Å². The zero-order valence-electron chi connectivity index (χ0n) is 7.07. The van der Waals surface area contributed by atoms with Crippen molar-refractivity contribution in [2.24, 2.45) is 0 Å². The Balaban J connectivity index is 3.23. The molecule has 1 N–H and O–H groups in total. The summed E-state index contributed by atoms with van der Waals surface area (Å²) in [5, 5.41) is 17.0. The number of aromatic carboxylic acids is 1. The summed E-state index contributed by atoms with van der Waals surface area (Å²) in [6, 6.07) is 5.10. The summed E-state index contributed by atoms with van der Waals surface area (Å²) in [5.41, 5.74) is 0.150. The Morgan fingerprint density at radius 2 is 2.29 bits per heavy atom. The molecule has 0 fully saturated rings. The number of halogens is 1. The molecule has 14 heavy (non-hydrogen) atoms. The van der Waals surface area contributed by atoms with E-state index in [1.807, 2.05) is 0 Å². The van der Waals surface area contributed by atoms with Crippen LogP contribution in [0.25, 0.3) is 6.08 Å². The molecule has 0 amide bonds. The van der Waals surface area contributed by atoms with Gasteiger partial charge in [0.1, 0.15) is 5.82 Å². The summed E-state index contributed by atoms with van der Waals surface area (Å²) in [5.74, 6) is -1.83. The highest BCUT2D eigenvalue weighted by Crippen LogP contribution is 2.12. The van der Waals surface area contributed by atoms with Gasteiger partial charge in [-0.1, -0.05) is 6.07 Å². The third-order valence-electron chi connectivity index (χ3n) is 1.58. The number of carbonyl (C=O) groups is 1. The van der Waals surface area contributed by atoms with Crippen molar-refractivity contribution in [2.75, 3.05) is 0 Å². The molecule has 1 rings (SSSR count). The third-order valence-corrected chi connectivity index (χ3v) is 1.58. The number of allylic oxidation sites excluding steroid dienone is 1. The second kappa shape index (κ2) is 4.19. The summed E-state index contributed by atoms with van der Waals surface area (Å²) < 4.78 is 12.7. The van der Waals surface area contributed by atoms with Crippen LogP contribution in [0, 0.1) is 17.1 Å². The van der Waals surface area contributed by atoms with Gasteiger partial charge in [-0.05, 0) is 23.8 Å². The molecule has 3 nitrogen and oxygen atoms in total. The number of nitriles is 1. The summed E-state index contributed by atoms with van der Waals surface area (Å²) in [6.45, 7) is 0. The maximum atomic E-state index is 12.7. The predicted molar refractivity (Wildman–Crippen MR) is 48.0 cm³/mol. The van der Waals surface area contributed by atoms with Gasteiger partial charge in [-0.3, -0.25) is 0 Å². The topological polar surface area (TPSA) is 61.1 Å². The molecule has 0 aromatic heterocycles. The van der Waals surface area contributed by atoms with E-state index < -0.39 is 11.8 Å². The van der Waals surface area contributed by atoms with Crippen molar-refractivity contribution < 1.29 is 14.3 Å². The first-order valence-corrected chi connectivity index (χ1v) is 3.74. The van der Waals surface area contributed by atoms with Gasteiger partial charge >= 0.3 is 5.97 Å². The molecule has 1 aromatic rings. The quantitative estimate of drug-likeness (QED) is 0.728. The monoisotopic (exact) mass is 191 g/mol. The Hall–Kier alpha value is -2.15. The smallest absolute Gasteiger partial charge is 0.336 e. The van der Waals surface area contributed by atoms with Crippen molar-refractivity contribution in [3.63, 3.8) is 0 Å². The molecule has 0 unspecified atom stereocenters. The summed E-state index contributed by atoms with van der Waals surface area (Å²) in [7, 11) is 0. The first-order valence-electron chi connectivity index (χ1n) is 3.74. The Kier molecular flexibility index (Phi) is 2.97.